The number of carboxylic acids is 2. The Morgan fingerprint density at radius 1 is 1.24 bits per heavy atom. The van der Waals surface area contributed by atoms with E-state index in [9.17, 15) is 24.5 Å². The minimum Gasteiger partial charge on any atom is -0.478 e. The van der Waals surface area contributed by atoms with Gasteiger partial charge in [0.25, 0.3) is 5.09 Å². The lowest BCUT2D eigenvalue weighted by atomic mass is 10.1. The summed E-state index contributed by atoms with van der Waals surface area (Å²) in [4.78, 5) is 46.8. The molecule has 1 saturated heterocycles. The molecule has 0 spiro atoms. The van der Waals surface area contributed by atoms with E-state index in [4.69, 9.17) is 10.2 Å². The van der Waals surface area contributed by atoms with Gasteiger partial charge in [-0.15, -0.1) is 10.1 Å². The minimum absolute atomic E-state index is 0.0200. The zero-order valence-corrected chi connectivity index (χ0v) is 13.9. The first-order chi connectivity index (χ1) is 11.7. The summed E-state index contributed by atoms with van der Waals surface area (Å²) in [6.07, 6.45) is 3.70. The van der Waals surface area contributed by atoms with Crippen LogP contribution >= 0.6 is 0 Å². The molecule has 1 amide bonds. The standard InChI is InChI=1S/C10H19N3O4.C4H4O4/c1-12-6-4-9(5-7-12)11-10(14)3-2-8-17-13(15)16;5-3(6)1-2-4(7)8/h9H,2-8H2,1H3,(H,11,14);1-2H,(H,5,6)(H,7,8)/b;2-1+. The van der Waals surface area contributed by atoms with E-state index in [1.165, 1.54) is 0 Å². The molecule has 25 heavy (non-hydrogen) atoms. The Balaban J connectivity index is 0.000000609. The van der Waals surface area contributed by atoms with Gasteiger partial charge in [-0.1, -0.05) is 0 Å². The first-order valence-corrected chi connectivity index (χ1v) is 7.60. The van der Waals surface area contributed by atoms with Crippen molar-refractivity contribution >= 4 is 17.8 Å². The summed E-state index contributed by atoms with van der Waals surface area (Å²) in [5.41, 5.74) is 0. The molecule has 1 aliphatic heterocycles. The lowest BCUT2D eigenvalue weighted by molar-refractivity contribution is -0.757. The fourth-order valence-corrected chi connectivity index (χ4v) is 1.97. The number of likely N-dealkylation sites (tertiary alicyclic amines) is 1. The summed E-state index contributed by atoms with van der Waals surface area (Å²) in [7, 11) is 2.06. The quantitative estimate of drug-likeness (QED) is 0.232. The van der Waals surface area contributed by atoms with Crippen LogP contribution in [0.2, 0.25) is 0 Å². The lowest BCUT2D eigenvalue weighted by Crippen LogP contribution is -2.43. The Hall–Kier alpha value is -2.69. The molecule has 11 heteroatoms. The molecule has 0 radical (unpaired) electrons. The van der Waals surface area contributed by atoms with Crippen LogP contribution in [-0.2, 0) is 19.2 Å². The summed E-state index contributed by atoms with van der Waals surface area (Å²) >= 11 is 0. The van der Waals surface area contributed by atoms with Crippen molar-refractivity contribution < 1.29 is 34.5 Å². The number of hydrogen-bond donors (Lipinski definition) is 3. The van der Waals surface area contributed by atoms with Crippen molar-refractivity contribution in [3.63, 3.8) is 0 Å². The highest BCUT2D eigenvalue weighted by molar-refractivity contribution is 5.89. The van der Waals surface area contributed by atoms with Crippen LogP contribution in [0.25, 0.3) is 0 Å². The number of nitrogens with zero attached hydrogens (tertiary/aromatic N) is 2. The zero-order chi connectivity index (χ0) is 19.2. The van der Waals surface area contributed by atoms with E-state index < -0.39 is 17.0 Å². The number of amides is 1. The van der Waals surface area contributed by atoms with Crippen LogP contribution in [0.1, 0.15) is 25.7 Å². The molecular formula is C14H23N3O8. The van der Waals surface area contributed by atoms with Crippen LogP contribution in [-0.4, -0.2) is 70.8 Å². The van der Waals surface area contributed by atoms with Crippen LogP contribution in [0.15, 0.2) is 12.2 Å². The topological polar surface area (TPSA) is 159 Å². The average Bonchev–Trinajstić information content (AvgIpc) is 2.52. The van der Waals surface area contributed by atoms with Crippen LogP contribution in [0.4, 0.5) is 0 Å². The number of aliphatic carboxylic acids is 2. The van der Waals surface area contributed by atoms with Crippen LogP contribution in [0.3, 0.4) is 0 Å². The van der Waals surface area contributed by atoms with Gasteiger partial charge in [-0.3, -0.25) is 4.79 Å². The summed E-state index contributed by atoms with van der Waals surface area (Å²) in [5.74, 6) is -2.56. The molecule has 0 bridgehead atoms. The third-order valence-corrected chi connectivity index (χ3v) is 3.20. The minimum atomic E-state index is -1.26. The van der Waals surface area contributed by atoms with Crippen molar-refractivity contribution in [1.29, 1.82) is 0 Å². The molecule has 0 aromatic rings. The SMILES string of the molecule is CN1CCC(NC(=O)CCCO[N+](=O)[O-])CC1.O=C(O)/C=C/C(=O)O. The Labute approximate surface area is 144 Å². The van der Waals surface area contributed by atoms with Crippen molar-refractivity contribution in [2.75, 3.05) is 26.7 Å². The second-order valence-electron chi connectivity index (χ2n) is 5.32. The highest BCUT2D eigenvalue weighted by atomic mass is 16.9. The number of carbonyl (C=O) groups excluding carboxylic acids is 1. The molecule has 0 aliphatic carbocycles. The van der Waals surface area contributed by atoms with Crippen molar-refractivity contribution in [1.82, 2.24) is 10.2 Å². The van der Waals surface area contributed by atoms with Crippen molar-refractivity contribution in [2.45, 2.75) is 31.7 Å². The molecule has 142 valence electrons. The number of rotatable bonds is 8. The van der Waals surface area contributed by atoms with Gasteiger partial charge >= 0.3 is 11.9 Å². The molecule has 0 aromatic heterocycles. The van der Waals surface area contributed by atoms with Gasteiger partial charge in [0.1, 0.15) is 0 Å². The number of carboxylic acid groups (broad SMARTS) is 2. The molecular weight excluding hydrogens is 338 g/mol. The van der Waals surface area contributed by atoms with Crippen LogP contribution in [0, 0.1) is 10.1 Å². The molecule has 0 aromatic carbocycles. The zero-order valence-electron chi connectivity index (χ0n) is 13.9. The largest absolute Gasteiger partial charge is 0.478 e. The third-order valence-electron chi connectivity index (χ3n) is 3.20. The van der Waals surface area contributed by atoms with E-state index in [2.05, 4.69) is 22.1 Å². The summed E-state index contributed by atoms with van der Waals surface area (Å²) < 4.78 is 0. The molecule has 0 saturated carbocycles. The van der Waals surface area contributed by atoms with E-state index in [-0.39, 0.29) is 25.0 Å². The van der Waals surface area contributed by atoms with Gasteiger partial charge in [0.2, 0.25) is 5.91 Å². The number of carbonyl (C=O) groups is 3. The predicted molar refractivity (Wildman–Crippen MR) is 85.3 cm³/mol. The maximum Gasteiger partial charge on any atom is 0.328 e. The Morgan fingerprint density at radius 3 is 2.20 bits per heavy atom. The molecule has 3 N–H and O–H groups in total. The smallest absolute Gasteiger partial charge is 0.328 e. The van der Waals surface area contributed by atoms with Crippen molar-refractivity contribution in [3.8, 4) is 0 Å². The van der Waals surface area contributed by atoms with Gasteiger partial charge in [-0.2, -0.15) is 0 Å². The first kappa shape index (κ1) is 22.3. The van der Waals surface area contributed by atoms with E-state index in [1.807, 2.05) is 0 Å². The van der Waals surface area contributed by atoms with Gasteiger partial charge in [0, 0.05) is 24.6 Å². The predicted octanol–water partition coefficient (Wildman–Crippen LogP) is -0.103. The first-order valence-electron chi connectivity index (χ1n) is 7.60. The van der Waals surface area contributed by atoms with Crippen molar-refractivity contribution in [2.24, 2.45) is 0 Å². The normalized spacial score (nSPS) is 15.1. The summed E-state index contributed by atoms with van der Waals surface area (Å²) in [5, 5.41) is 27.6. The fourth-order valence-electron chi connectivity index (χ4n) is 1.97. The van der Waals surface area contributed by atoms with Crippen LogP contribution < -0.4 is 5.32 Å². The van der Waals surface area contributed by atoms with Crippen LogP contribution in [0.5, 0.6) is 0 Å². The third kappa shape index (κ3) is 14.6. The molecule has 0 atom stereocenters. The van der Waals surface area contributed by atoms with Gasteiger partial charge in [0.05, 0.1) is 6.61 Å². The Kier molecular flexibility index (Phi) is 11.3. The second kappa shape index (κ2) is 12.7. The van der Waals surface area contributed by atoms with Gasteiger partial charge in [-0.25, -0.2) is 9.59 Å². The fraction of sp³-hybridized carbons (Fsp3) is 0.643. The van der Waals surface area contributed by atoms with E-state index in [0.717, 1.165) is 25.9 Å². The van der Waals surface area contributed by atoms with E-state index >= 15 is 0 Å². The summed E-state index contributed by atoms with van der Waals surface area (Å²) in [6.45, 7) is 1.97. The van der Waals surface area contributed by atoms with E-state index in [0.29, 0.717) is 18.6 Å². The molecule has 1 aliphatic rings. The highest BCUT2D eigenvalue weighted by Crippen LogP contribution is 2.08. The highest BCUT2D eigenvalue weighted by Gasteiger charge is 2.17. The number of nitrogens with one attached hydrogen (secondary N) is 1. The molecule has 1 heterocycles. The van der Waals surface area contributed by atoms with Gasteiger partial charge < -0.3 is 25.3 Å². The van der Waals surface area contributed by atoms with Gasteiger partial charge in [-0.05, 0) is 39.4 Å². The van der Waals surface area contributed by atoms with Gasteiger partial charge in [0.15, 0.2) is 0 Å². The maximum absolute atomic E-state index is 11.5. The average molecular weight is 361 g/mol. The summed E-state index contributed by atoms with van der Waals surface area (Å²) in [6, 6.07) is 0.245. The molecule has 0 unspecified atom stereocenters. The monoisotopic (exact) mass is 361 g/mol. The number of hydrogen-bond acceptors (Lipinski definition) is 7. The lowest BCUT2D eigenvalue weighted by Gasteiger charge is -2.29. The van der Waals surface area contributed by atoms with Crippen molar-refractivity contribution in [3.05, 3.63) is 22.3 Å². The Bertz CT molecular complexity index is 470. The Morgan fingerprint density at radius 2 is 1.76 bits per heavy atom. The number of piperidine rings is 1. The molecule has 1 rings (SSSR count). The maximum atomic E-state index is 11.5. The molecule has 1 fully saturated rings. The molecule has 11 nitrogen and oxygen atoms in total. The van der Waals surface area contributed by atoms with E-state index in [1.54, 1.807) is 0 Å². The second-order valence-corrected chi connectivity index (χ2v) is 5.32.